The van der Waals surface area contributed by atoms with Crippen molar-refractivity contribution in [3.05, 3.63) is 17.1 Å². The van der Waals surface area contributed by atoms with Crippen LogP contribution in [-0.4, -0.2) is 15.6 Å². The van der Waals surface area contributed by atoms with Gasteiger partial charge in [-0.05, 0) is 42.8 Å². The second kappa shape index (κ2) is 4.89. The zero-order valence-electron chi connectivity index (χ0n) is 8.35. The highest BCUT2D eigenvalue weighted by Gasteiger charge is 2.22. The van der Waals surface area contributed by atoms with Gasteiger partial charge in [0.1, 0.15) is 0 Å². The Morgan fingerprint density at radius 1 is 1.36 bits per heavy atom. The molecule has 0 saturated heterocycles. The van der Waals surface area contributed by atoms with Crippen LogP contribution in [0.3, 0.4) is 0 Å². The van der Waals surface area contributed by atoms with Gasteiger partial charge in [0.2, 0.25) is 0 Å². The van der Waals surface area contributed by atoms with Crippen molar-refractivity contribution in [3.8, 4) is 0 Å². The molecule has 3 heteroatoms. The normalized spacial score (nSPS) is 28.6. The molecule has 78 valence electrons. The summed E-state index contributed by atoms with van der Waals surface area (Å²) in [7, 11) is 0. The van der Waals surface area contributed by atoms with Crippen LogP contribution >= 0.6 is 11.5 Å². The number of aliphatic hydroxyl groups is 1. The van der Waals surface area contributed by atoms with E-state index < -0.39 is 0 Å². The molecule has 1 heterocycles. The molecule has 1 aromatic rings. The first-order chi connectivity index (χ1) is 6.86. The van der Waals surface area contributed by atoms with Crippen LogP contribution in [0.5, 0.6) is 0 Å². The molecule has 1 aliphatic carbocycles. The van der Waals surface area contributed by atoms with Crippen LogP contribution in [-0.2, 0) is 6.42 Å². The number of nitrogens with zero attached hydrogens (tertiary/aromatic N) is 1. The Hall–Kier alpha value is -0.410. The Morgan fingerprint density at radius 2 is 2.21 bits per heavy atom. The fourth-order valence-corrected chi connectivity index (χ4v) is 2.88. The van der Waals surface area contributed by atoms with Crippen LogP contribution in [0.1, 0.15) is 37.0 Å². The quantitative estimate of drug-likeness (QED) is 0.763. The Kier molecular flexibility index (Phi) is 3.54. The molecular formula is C11H17NOS. The van der Waals surface area contributed by atoms with Gasteiger partial charge in [0, 0.05) is 11.1 Å². The van der Waals surface area contributed by atoms with E-state index in [1.54, 1.807) is 11.5 Å². The van der Waals surface area contributed by atoms with Gasteiger partial charge in [-0.25, -0.2) is 4.37 Å². The summed E-state index contributed by atoms with van der Waals surface area (Å²) in [6.45, 7) is 0. The predicted molar refractivity (Wildman–Crippen MR) is 58.4 cm³/mol. The Labute approximate surface area is 89.1 Å². The molecule has 2 unspecified atom stereocenters. The van der Waals surface area contributed by atoms with E-state index in [9.17, 15) is 5.11 Å². The molecule has 2 atom stereocenters. The average molecular weight is 211 g/mol. The summed E-state index contributed by atoms with van der Waals surface area (Å²) in [5, 5.41) is 9.93. The average Bonchev–Trinajstić information content (AvgIpc) is 2.60. The first-order valence-corrected chi connectivity index (χ1v) is 6.21. The minimum absolute atomic E-state index is 0.0837. The zero-order valence-corrected chi connectivity index (χ0v) is 9.17. The topological polar surface area (TPSA) is 33.1 Å². The second-order valence-corrected chi connectivity index (χ2v) is 5.07. The first-order valence-electron chi connectivity index (χ1n) is 5.44. The van der Waals surface area contributed by atoms with Gasteiger partial charge in [-0.15, -0.1) is 0 Å². The summed E-state index contributed by atoms with van der Waals surface area (Å²) in [5.74, 6) is 0.470. The van der Waals surface area contributed by atoms with Crippen molar-refractivity contribution < 1.29 is 5.11 Å². The van der Waals surface area contributed by atoms with E-state index in [1.807, 2.05) is 6.20 Å². The predicted octanol–water partition coefficient (Wildman–Crippen LogP) is 2.63. The Balaban J connectivity index is 1.94. The van der Waals surface area contributed by atoms with Gasteiger partial charge in [-0.1, -0.05) is 19.3 Å². The molecule has 0 aliphatic heterocycles. The standard InChI is InChI=1S/C11H17NOS/c13-11-5-3-1-2-4-9(11)8-10-6-7-12-14-10/h6-7,9,11,13H,1-5,8H2. The van der Waals surface area contributed by atoms with E-state index in [4.69, 9.17) is 0 Å². The summed E-state index contributed by atoms with van der Waals surface area (Å²) in [6, 6.07) is 2.07. The second-order valence-electron chi connectivity index (χ2n) is 4.15. The van der Waals surface area contributed by atoms with E-state index in [1.165, 1.54) is 30.6 Å². The van der Waals surface area contributed by atoms with Crippen molar-refractivity contribution in [3.63, 3.8) is 0 Å². The summed E-state index contributed by atoms with van der Waals surface area (Å²) in [4.78, 5) is 1.32. The van der Waals surface area contributed by atoms with Gasteiger partial charge in [0.05, 0.1) is 6.10 Å². The molecule has 0 radical (unpaired) electrons. The molecule has 1 aromatic heterocycles. The van der Waals surface area contributed by atoms with Crippen molar-refractivity contribution >= 4 is 11.5 Å². The molecule has 1 saturated carbocycles. The summed E-state index contributed by atoms with van der Waals surface area (Å²) in [5.41, 5.74) is 0. The molecule has 14 heavy (non-hydrogen) atoms. The molecule has 0 amide bonds. The van der Waals surface area contributed by atoms with Gasteiger partial charge >= 0.3 is 0 Å². The third-order valence-electron chi connectivity index (χ3n) is 3.07. The monoisotopic (exact) mass is 211 g/mol. The highest BCUT2D eigenvalue weighted by atomic mass is 32.1. The minimum Gasteiger partial charge on any atom is -0.393 e. The van der Waals surface area contributed by atoms with Gasteiger partial charge in [-0.2, -0.15) is 0 Å². The van der Waals surface area contributed by atoms with Crippen LogP contribution in [0.2, 0.25) is 0 Å². The molecule has 2 rings (SSSR count). The van der Waals surface area contributed by atoms with Crippen molar-refractivity contribution in [1.29, 1.82) is 0 Å². The SMILES string of the molecule is OC1CCCCCC1Cc1ccns1. The van der Waals surface area contributed by atoms with Crippen molar-refractivity contribution in [1.82, 2.24) is 4.37 Å². The lowest BCUT2D eigenvalue weighted by Gasteiger charge is -2.18. The Bertz CT molecular complexity index is 260. The molecule has 1 N–H and O–H groups in total. The summed E-state index contributed by atoms with van der Waals surface area (Å²) in [6.07, 6.45) is 8.72. The smallest absolute Gasteiger partial charge is 0.0571 e. The lowest BCUT2D eigenvalue weighted by atomic mass is 9.93. The lowest BCUT2D eigenvalue weighted by molar-refractivity contribution is 0.101. The fourth-order valence-electron chi connectivity index (χ4n) is 2.21. The Morgan fingerprint density at radius 3 is 3.00 bits per heavy atom. The van der Waals surface area contributed by atoms with Crippen LogP contribution in [0, 0.1) is 5.92 Å². The van der Waals surface area contributed by atoms with Crippen LogP contribution in [0.4, 0.5) is 0 Å². The highest BCUT2D eigenvalue weighted by molar-refractivity contribution is 7.05. The lowest BCUT2D eigenvalue weighted by Crippen LogP contribution is -2.20. The molecule has 1 aliphatic rings. The van der Waals surface area contributed by atoms with Gasteiger partial charge in [-0.3, -0.25) is 0 Å². The van der Waals surface area contributed by atoms with Crippen molar-refractivity contribution in [2.45, 2.75) is 44.6 Å². The number of rotatable bonds is 2. The zero-order chi connectivity index (χ0) is 9.80. The summed E-state index contributed by atoms with van der Waals surface area (Å²) < 4.78 is 4.10. The maximum atomic E-state index is 9.93. The summed E-state index contributed by atoms with van der Waals surface area (Å²) >= 11 is 1.56. The molecule has 0 spiro atoms. The van der Waals surface area contributed by atoms with Crippen molar-refractivity contribution in [2.24, 2.45) is 5.92 Å². The van der Waals surface area contributed by atoms with Gasteiger partial charge < -0.3 is 5.11 Å². The van der Waals surface area contributed by atoms with E-state index in [-0.39, 0.29) is 6.10 Å². The third kappa shape index (κ3) is 2.55. The maximum Gasteiger partial charge on any atom is 0.0571 e. The minimum atomic E-state index is -0.0837. The van der Waals surface area contributed by atoms with E-state index in [0.29, 0.717) is 5.92 Å². The number of aromatic nitrogens is 1. The number of hydrogen-bond acceptors (Lipinski definition) is 3. The highest BCUT2D eigenvalue weighted by Crippen LogP contribution is 2.27. The van der Waals surface area contributed by atoms with Crippen LogP contribution < -0.4 is 0 Å². The molecular weight excluding hydrogens is 194 g/mol. The molecule has 0 bridgehead atoms. The van der Waals surface area contributed by atoms with E-state index in [2.05, 4.69) is 10.4 Å². The third-order valence-corrected chi connectivity index (χ3v) is 3.84. The van der Waals surface area contributed by atoms with E-state index >= 15 is 0 Å². The fraction of sp³-hybridized carbons (Fsp3) is 0.727. The van der Waals surface area contributed by atoms with E-state index in [0.717, 1.165) is 12.8 Å². The number of aliphatic hydroxyl groups excluding tert-OH is 1. The van der Waals surface area contributed by atoms with Crippen LogP contribution in [0.25, 0.3) is 0 Å². The van der Waals surface area contributed by atoms with Gasteiger partial charge in [0.15, 0.2) is 0 Å². The largest absolute Gasteiger partial charge is 0.393 e. The first kappa shape index (κ1) is 10.1. The van der Waals surface area contributed by atoms with Crippen molar-refractivity contribution in [2.75, 3.05) is 0 Å². The molecule has 0 aromatic carbocycles. The maximum absolute atomic E-state index is 9.93. The number of hydrogen-bond donors (Lipinski definition) is 1. The molecule has 2 nitrogen and oxygen atoms in total. The molecule has 1 fully saturated rings. The van der Waals surface area contributed by atoms with Crippen LogP contribution in [0.15, 0.2) is 12.3 Å². The van der Waals surface area contributed by atoms with Gasteiger partial charge in [0.25, 0.3) is 0 Å².